The van der Waals surface area contributed by atoms with Crippen LogP contribution in [0, 0.1) is 0 Å². The quantitative estimate of drug-likeness (QED) is 0.661. The van der Waals surface area contributed by atoms with E-state index in [-0.39, 0.29) is 0 Å². The van der Waals surface area contributed by atoms with E-state index < -0.39 is 0 Å². The van der Waals surface area contributed by atoms with Crippen LogP contribution < -0.4 is 0 Å². The molecule has 66 valence electrons. The summed E-state index contributed by atoms with van der Waals surface area (Å²) in [4.78, 5) is 8.44. The van der Waals surface area contributed by atoms with Crippen molar-refractivity contribution in [1.82, 2.24) is 9.97 Å². The molecule has 0 saturated heterocycles. The lowest BCUT2D eigenvalue weighted by molar-refractivity contribution is 0.862. The molecule has 2 aromatic rings. The number of hydrogen-bond acceptors (Lipinski definition) is 2. The van der Waals surface area contributed by atoms with E-state index >= 15 is 0 Å². The number of aromatic nitrogens is 2. The highest BCUT2D eigenvalue weighted by Gasteiger charge is 2.00. The molecule has 0 N–H and O–H groups in total. The predicted octanol–water partition coefficient (Wildman–Crippen LogP) is 2.75. The van der Waals surface area contributed by atoms with Gasteiger partial charge in [-0.1, -0.05) is 13.8 Å². The summed E-state index contributed by atoms with van der Waals surface area (Å²) in [6, 6.07) is 4.08. The summed E-state index contributed by atoms with van der Waals surface area (Å²) < 4.78 is 0. The lowest BCUT2D eigenvalue weighted by Gasteiger charge is -2.04. The molecular weight excluding hydrogens is 160 g/mol. The first kappa shape index (κ1) is 8.17. The van der Waals surface area contributed by atoms with Crippen LogP contribution in [0.4, 0.5) is 0 Å². The Balaban J connectivity index is 2.62. The summed E-state index contributed by atoms with van der Waals surface area (Å²) in [6.45, 7) is 4.33. The lowest BCUT2D eigenvalue weighted by atomic mass is 10.0. The SMILES string of the molecule is CC(C)c1cnc2ccncc2c1. The van der Waals surface area contributed by atoms with Crippen LogP contribution in [0.3, 0.4) is 0 Å². The van der Waals surface area contributed by atoms with Crippen molar-refractivity contribution in [3.63, 3.8) is 0 Å². The molecule has 0 aliphatic rings. The highest BCUT2D eigenvalue weighted by Crippen LogP contribution is 2.17. The van der Waals surface area contributed by atoms with E-state index in [9.17, 15) is 0 Å². The van der Waals surface area contributed by atoms with Crippen LogP contribution in [0.5, 0.6) is 0 Å². The van der Waals surface area contributed by atoms with Crippen molar-refractivity contribution in [3.8, 4) is 0 Å². The van der Waals surface area contributed by atoms with Gasteiger partial charge in [0.15, 0.2) is 0 Å². The van der Waals surface area contributed by atoms with Crippen molar-refractivity contribution >= 4 is 10.9 Å². The zero-order valence-corrected chi connectivity index (χ0v) is 7.86. The van der Waals surface area contributed by atoms with Crippen LogP contribution in [0.2, 0.25) is 0 Å². The molecular formula is C11H12N2. The van der Waals surface area contributed by atoms with Crippen LogP contribution in [-0.4, -0.2) is 9.97 Å². The van der Waals surface area contributed by atoms with E-state index in [1.165, 1.54) is 5.56 Å². The molecule has 2 nitrogen and oxygen atoms in total. The molecule has 2 heteroatoms. The maximum Gasteiger partial charge on any atom is 0.0732 e. The van der Waals surface area contributed by atoms with Gasteiger partial charge in [-0.3, -0.25) is 9.97 Å². The van der Waals surface area contributed by atoms with Crippen molar-refractivity contribution < 1.29 is 0 Å². The molecule has 0 fully saturated rings. The molecule has 0 amide bonds. The number of fused-ring (bicyclic) bond motifs is 1. The normalized spacial score (nSPS) is 11.0. The van der Waals surface area contributed by atoms with Gasteiger partial charge in [-0.15, -0.1) is 0 Å². The Labute approximate surface area is 77.6 Å². The van der Waals surface area contributed by atoms with Gasteiger partial charge in [0, 0.05) is 24.0 Å². The Morgan fingerprint density at radius 3 is 2.85 bits per heavy atom. The molecule has 0 unspecified atom stereocenters. The largest absolute Gasteiger partial charge is 0.264 e. The fraction of sp³-hybridized carbons (Fsp3) is 0.273. The molecule has 0 bridgehead atoms. The summed E-state index contributed by atoms with van der Waals surface area (Å²) in [5.74, 6) is 0.525. The van der Waals surface area contributed by atoms with Gasteiger partial charge in [0.1, 0.15) is 0 Å². The first-order valence-electron chi connectivity index (χ1n) is 4.47. The van der Waals surface area contributed by atoms with Gasteiger partial charge in [0.25, 0.3) is 0 Å². The molecule has 0 saturated carbocycles. The smallest absolute Gasteiger partial charge is 0.0732 e. The molecule has 0 aromatic carbocycles. The molecule has 0 radical (unpaired) electrons. The Morgan fingerprint density at radius 2 is 2.08 bits per heavy atom. The molecule has 2 heterocycles. The Bertz CT molecular complexity index is 421. The minimum Gasteiger partial charge on any atom is -0.264 e. The zero-order valence-electron chi connectivity index (χ0n) is 7.86. The van der Waals surface area contributed by atoms with Crippen molar-refractivity contribution in [1.29, 1.82) is 0 Å². The van der Waals surface area contributed by atoms with Crippen molar-refractivity contribution in [2.24, 2.45) is 0 Å². The molecule has 2 rings (SSSR count). The molecule has 13 heavy (non-hydrogen) atoms. The summed E-state index contributed by atoms with van der Waals surface area (Å²) in [7, 11) is 0. The lowest BCUT2D eigenvalue weighted by Crippen LogP contribution is -1.89. The van der Waals surface area contributed by atoms with Gasteiger partial charge in [-0.25, -0.2) is 0 Å². The minimum absolute atomic E-state index is 0.525. The van der Waals surface area contributed by atoms with E-state index in [0.29, 0.717) is 5.92 Å². The highest BCUT2D eigenvalue weighted by molar-refractivity contribution is 5.77. The van der Waals surface area contributed by atoms with E-state index in [1.807, 2.05) is 18.5 Å². The van der Waals surface area contributed by atoms with Crippen LogP contribution in [0.15, 0.2) is 30.7 Å². The Hall–Kier alpha value is -1.44. The van der Waals surface area contributed by atoms with Gasteiger partial charge in [0.2, 0.25) is 0 Å². The van der Waals surface area contributed by atoms with Crippen LogP contribution >= 0.6 is 0 Å². The first-order chi connectivity index (χ1) is 6.27. The maximum atomic E-state index is 4.36. The average molecular weight is 172 g/mol. The molecule has 0 atom stereocenters. The van der Waals surface area contributed by atoms with Gasteiger partial charge in [-0.2, -0.15) is 0 Å². The molecule has 0 aliphatic carbocycles. The van der Waals surface area contributed by atoms with Crippen molar-refractivity contribution in [2.45, 2.75) is 19.8 Å². The maximum absolute atomic E-state index is 4.36. The minimum atomic E-state index is 0.525. The van der Waals surface area contributed by atoms with Gasteiger partial charge in [0.05, 0.1) is 5.52 Å². The second-order valence-corrected chi connectivity index (χ2v) is 3.49. The predicted molar refractivity (Wildman–Crippen MR) is 53.6 cm³/mol. The molecule has 0 spiro atoms. The van der Waals surface area contributed by atoms with E-state index in [1.54, 1.807) is 6.20 Å². The third kappa shape index (κ3) is 1.52. The van der Waals surface area contributed by atoms with E-state index in [4.69, 9.17) is 0 Å². The van der Waals surface area contributed by atoms with Crippen LogP contribution in [-0.2, 0) is 0 Å². The van der Waals surface area contributed by atoms with Crippen molar-refractivity contribution in [3.05, 3.63) is 36.3 Å². The number of hydrogen-bond donors (Lipinski definition) is 0. The van der Waals surface area contributed by atoms with Gasteiger partial charge in [-0.05, 0) is 23.6 Å². The van der Waals surface area contributed by atoms with Gasteiger partial charge >= 0.3 is 0 Å². The number of rotatable bonds is 1. The van der Waals surface area contributed by atoms with Crippen molar-refractivity contribution in [2.75, 3.05) is 0 Å². The Kier molecular flexibility index (Phi) is 1.97. The van der Waals surface area contributed by atoms with Crippen LogP contribution in [0.1, 0.15) is 25.3 Å². The summed E-state index contributed by atoms with van der Waals surface area (Å²) in [5.41, 5.74) is 2.28. The second kappa shape index (κ2) is 3.13. The standard InChI is InChI=1S/C11H12N2/c1-8(2)9-5-10-6-12-4-3-11(10)13-7-9/h3-8H,1-2H3. The second-order valence-electron chi connectivity index (χ2n) is 3.49. The average Bonchev–Trinajstić information content (AvgIpc) is 2.17. The first-order valence-corrected chi connectivity index (χ1v) is 4.47. The summed E-state index contributed by atoms with van der Waals surface area (Å²) >= 11 is 0. The zero-order chi connectivity index (χ0) is 9.26. The summed E-state index contributed by atoms with van der Waals surface area (Å²) in [6.07, 6.45) is 5.56. The number of nitrogens with zero attached hydrogens (tertiary/aromatic N) is 2. The monoisotopic (exact) mass is 172 g/mol. The molecule has 2 aromatic heterocycles. The molecule has 0 aliphatic heterocycles. The van der Waals surface area contributed by atoms with E-state index in [2.05, 4.69) is 29.9 Å². The fourth-order valence-corrected chi connectivity index (χ4v) is 1.30. The fourth-order valence-electron chi connectivity index (χ4n) is 1.30. The topological polar surface area (TPSA) is 25.8 Å². The Morgan fingerprint density at radius 1 is 1.23 bits per heavy atom. The van der Waals surface area contributed by atoms with Gasteiger partial charge < -0.3 is 0 Å². The summed E-state index contributed by atoms with van der Waals surface area (Å²) in [5, 5.41) is 1.12. The highest BCUT2D eigenvalue weighted by atomic mass is 14.7. The van der Waals surface area contributed by atoms with Crippen LogP contribution in [0.25, 0.3) is 10.9 Å². The van der Waals surface area contributed by atoms with E-state index in [0.717, 1.165) is 10.9 Å². The number of pyridine rings is 2. The third-order valence-electron chi connectivity index (χ3n) is 2.17. The third-order valence-corrected chi connectivity index (χ3v) is 2.17.